The smallest absolute Gasteiger partial charge is 0.471 e. The van der Waals surface area contributed by atoms with Crippen LogP contribution in [0.15, 0.2) is 24.3 Å². The number of aliphatic hydroxyl groups is 1. The fourth-order valence-corrected chi connectivity index (χ4v) is 6.94. The zero-order chi connectivity index (χ0) is 30.2. The average molecular weight is 607 g/mol. The van der Waals surface area contributed by atoms with Crippen LogP contribution in [0.5, 0.6) is 5.75 Å². The molecule has 2 aliphatic heterocycles. The number of phosphoric acid groups is 1. The lowest BCUT2D eigenvalue weighted by Crippen LogP contribution is -2.53. The molecule has 3 amide bonds. The molecule has 3 fully saturated rings. The summed E-state index contributed by atoms with van der Waals surface area (Å²) in [6.07, 6.45) is 2.95. The fourth-order valence-electron chi connectivity index (χ4n) is 6.67. The van der Waals surface area contributed by atoms with Crippen molar-refractivity contribution in [1.29, 1.82) is 0 Å². The van der Waals surface area contributed by atoms with Crippen molar-refractivity contribution in [2.75, 3.05) is 26.8 Å². The minimum atomic E-state index is -4.89. The minimum Gasteiger partial charge on any atom is -0.496 e. The molecule has 228 valence electrons. The summed E-state index contributed by atoms with van der Waals surface area (Å²) in [7, 11) is -3.43. The highest BCUT2D eigenvalue weighted by molar-refractivity contribution is 7.46. The molecule has 3 heterocycles. The van der Waals surface area contributed by atoms with Gasteiger partial charge in [0.05, 0.1) is 18.7 Å². The number of fused-ring (bicyclic) bond motifs is 2. The van der Waals surface area contributed by atoms with E-state index in [0.717, 1.165) is 12.8 Å². The van der Waals surface area contributed by atoms with E-state index in [-0.39, 0.29) is 36.4 Å². The molecule has 2 saturated heterocycles. The van der Waals surface area contributed by atoms with Gasteiger partial charge in [-0.25, -0.2) is 4.57 Å². The van der Waals surface area contributed by atoms with Gasteiger partial charge in [-0.3, -0.25) is 23.7 Å². The Balaban J connectivity index is 1.47. The summed E-state index contributed by atoms with van der Waals surface area (Å²) in [4.78, 5) is 72.9. The van der Waals surface area contributed by atoms with E-state index >= 15 is 0 Å². The molecule has 2 aromatic rings. The van der Waals surface area contributed by atoms with Gasteiger partial charge in [-0.2, -0.15) is 0 Å². The number of ketones is 1. The van der Waals surface area contributed by atoms with Crippen molar-refractivity contribution in [2.24, 2.45) is 17.8 Å². The summed E-state index contributed by atoms with van der Waals surface area (Å²) in [6, 6.07) is 4.53. The quantitative estimate of drug-likeness (QED) is 0.225. The van der Waals surface area contributed by atoms with Gasteiger partial charge in [0.25, 0.3) is 5.91 Å². The largest absolute Gasteiger partial charge is 0.496 e. The van der Waals surface area contributed by atoms with Gasteiger partial charge in [0.15, 0.2) is 5.78 Å². The lowest BCUT2D eigenvalue weighted by Gasteiger charge is -2.29. The van der Waals surface area contributed by atoms with Crippen molar-refractivity contribution in [2.45, 2.75) is 50.9 Å². The Bertz CT molecular complexity index is 1440. The van der Waals surface area contributed by atoms with Crippen LogP contribution in [0.3, 0.4) is 0 Å². The number of rotatable bonds is 11. The highest BCUT2D eigenvalue weighted by Gasteiger charge is 2.50. The zero-order valence-electron chi connectivity index (χ0n) is 23.1. The number of methoxy groups -OCH3 is 1. The van der Waals surface area contributed by atoms with E-state index in [2.05, 4.69) is 10.6 Å². The van der Waals surface area contributed by atoms with Crippen molar-refractivity contribution in [3.63, 3.8) is 0 Å². The molecule has 0 unspecified atom stereocenters. The second-order valence-electron chi connectivity index (χ2n) is 11.1. The van der Waals surface area contributed by atoms with Crippen LogP contribution in [-0.4, -0.2) is 86.8 Å². The normalized spacial score (nSPS) is 24.5. The predicted octanol–water partition coefficient (Wildman–Crippen LogP) is 0.530. The molecule has 1 saturated carbocycles. The van der Waals surface area contributed by atoms with Crippen LogP contribution in [0.2, 0.25) is 0 Å². The van der Waals surface area contributed by atoms with E-state index in [1.807, 2.05) is 0 Å². The van der Waals surface area contributed by atoms with E-state index < -0.39 is 56.8 Å². The molecular weight excluding hydrogens is 571 g/mol. The molecule has 1 aromatic carbocycles. The Hall–Kier alpha value is -3.29. The predicted molar refractivity (Wildman–Crippen MR) is 147 cm³/mol. The molecule has 5 rings (SSSR count). The maximum Gasteiger partial charge on any atom is 0.471 e. The van der Waals surface area contributed by atoms with Crippen LogP contribution in [0.4, 0.5) is 0 Å². The number of phosphoric ester groups is 1. The Morgan fingerprint density at radius 2 is 2.00 bits per heavy atom. The van der Waals surface area contributed by atoms with Crippen LogP contribution >= 0.6 is 7.82 Å². The van der Waals surface area contributed by atoms with Gasteiger partial charge in [-0.1, -0.05) is 12.5 Å². The average Bonchev–Trinajstić information content (AvgIpc) is 3.73. The van der Waals surface area contributed by atoms with Gasteiger partial charge in [0, 0.05) is 24.4 Å². The summed E-state index contributed by atoms with van der Waals surface area (Å²) in [5.41, 5.74) is 0.487. The van der Waals surface area contributed by atoms with Gasteiger partial charge in [-0.15, -0.1) is 0 Å². The van der Waals surface area contributed by atoms with Crippen LogP contribution in [0.25, 0.3) is 10.9 Å². The van der Waals surface area contributed by atoms with Gasteiger partial charge in [0.1, 0.15) is 30.8 Å². The molecule has 1 aromatic heterocycles. The summed E-state index contributed by atoms with van der Waals surface area (Å²) < 4.78 is 23.1. The maximum absolute atomic E-state index is 14.2. The van der Waals surface area contributed by atoms with Gasteiger partial charge >= 0.3 is 7.82 Å². The first-order valence-corrected chi connectivity index (χ1v) is 15.4. The number of carbonyl (C=O) groups is 4. The first-order valence-electron chi connectivity index (χ1n) is 13.9. The Morgan fingerprint density at radius 3 is 2.67 bits per heavy atom. The number of Topliss-reactive ketones (excluding diaryl/α,β-unsaturated/α-hetero) is 1. The number of likely N-dealkylation sites (tertiary alicyclic amines) is 1. The first kappa shape index (κ1) is 30.2. The highest BCUT2D eigenvalue weighted by atomic mass is 31.2. The number of nitrogens with zero attached hydrogens (tertiary/aromatic N) is 2. The van der Waals surface area contributed by atoms with Crippen LogP contribution < -0.4 is 15.4 Å². The summed E-state index contributed by atoms with van der Waals surface area (Å²) in [6.45, 7) is -0.684. The molecule has 0 bridgehead atoms. The van der Waals surface area contributed by atoms with Crippen molar-refractivity contribution in [1.82, 2.24) is 20.1 Å². The number of carbonyl (C=O) groups excluding carboxylic acids is 4. The Morgan fingerprint density at radius 1 is 1.21 bits per heavy atom. The van der Waals surface area contributed by atoms with E-state index in [4.69, 9.17) is 9.26 Å². The number of amides is 3. The third-order valence-corrected chi connectivity index (χ3v) is 9.12. The molecule has 5 atom stereocenters. The molecule has 3 aliphatic rings. The highest BCUT2D eigenvalue weighted by Crippen LogP contribution is 2.44. The van der Waals surface area contributed by atoms with Crippen molar-refractivity contribution in [3.05, 3.63) is 30.0 Å². The molecule has 42 heavy (non-hydrogen) atoms. The zero-order valence-corrected chi connectivity index (χ0v) is 24.0. The van der Waals surface area contributed by atoms with Crippen molar-refractivity contribution >= 4 is 42.2 Å². The number of nitrogens with one attached hydrogen (secondary N) is 2. The molecule has 0 radical (unpaired) electrons. The first-order chi connectivity index (χ1) is 20.0. The van der Waals surface area contributed by atoms with Crippen LogP contribution in [0, 0.1) is 17.8 Å². The Labute approximate surface area is 241 Å². The third-order valence-electron chi connectivity index (χ3n) is 8.66. The number of ether oxygens (including phenoxy) is 1. The molecule has 5 N–H and O–H groups in total. The number of aromatic nitrogens is 1. The summed E-state index contributed by atoms with van der Waals surface area (Å²) >= 11 is 0. The SMILES string of the molecule is COc1cccc2c1cc(C(=O)N1C[C@@H]3CCC[C@@H]3[C@H]1C(=O)N[C@@H](C[C@@H]1CCNC1=O)C(=O)CO)n2COP(=O)(O)O. The van der Waals surface area contributed by atoms with Crippen molar-refractivity contribution in [3.8, 4) is 5.75 Å². The van der Waals surface area contributed by atoms with E-state index in [1.165, 1.54) is 16.6 Å². The summed E-state index contributed by atoms with van der Waals surface area (Å²) in [5.74, 6) is -2.08. The van der Waals surface area contributed by atoms with Gasteiger partial charge < -0.3 is 39.7 Å². The molecule has 1 aliphatic carbocycles. The molecule has 14 nitrogen and oxygen atoms in total. The topological polar surface area (TPSA) is 197 Å². The standard InChI is InChI=1S/C27H35N4O10P/c1-40-23-7-3-6-20-18(23)11-21(31(20)14-41-42(37,38)39)27(36)30-12-16-4-2-5-17(16)24(30)26(35)29-19(22(33)13-32)10-15-8-9-28-25(15)34/h3,6-7,11,15-17,19,24,32H,2,4-5,8-10,12-14H2,1H3,(H,28,34)(H,29,35)(H2,37,38,39)/t15-,16-,17-,19-,24-/m0/s1. The third kappa shape index (κ3) is 5.95. The van der Waals surface area contributed by atoms with E-state index in [1.54, 1.807) is 24.3 Å². The minimum absolute atomic E-state index is 0.0411. The number of benzene rings is 1. The van der Waals surface area contributed by atoms with Crippen LogP contribution in [-0.2, 0) is 30.2 Å². The molecule has 0 spiro atoms. The van der Waals surface area contributed by atoms with Gasteiger partial charge in [-0.05, 0) is 55.7 Å². The number of hydrogen-bond donors (Lipinski definition) is 5. The van der Waals surface area contributed by atoms with Gasteiger partial charge in [0.2, 0.25) is 11.8 Å². The molecular formula is C27H35N4O10P. The molecule has 15 heteroatoms. The fraction of sp³-hybridized carbons (Fsp3) is 0.556. The lowest BCUT2D eigenvalue weighted by molar-refractivity contribution is -0.133. The van der Waals surface area contributed by atoms with E-state index in [0.29, 0.717) is 36.0 Å². The monoisotopic (exact) mass is 606 g/mol. The lowest BCUT2D eigenvalue weighted by atomic mass is 9.92. The summed E-state index contributed by atoms with van der Waals surface area (Å²) in [5, 5.41) is 15.5. The maximum atomic E-state index is 14.2. The second-order valence-corrected chi connectivity index (χ2v) is 12.3. The number of aliphatic hydroxyl groups excluding tert-OH is 1. The van der Waals surface area contributed by atoms with Crippen molar-refractivity contribution < 1.29 is 47.9 Å². The van der Waals surface area contributed by atoms with E-state index in [9.17, 15) is 38.6 Å². The van der Waals surface area contributed by atoms with Crippen LogP contribution in [0.1, 0.15) is 42.6 Å². The Kier molecular flexibility index (Phi) is 8.72. The number of hydrogen-bond acceptors (Lipinski definition) is 8. The second kappa shape index (κ2) is 12.1.